The predicted octanol–water partition coefficient (Wildman–Crippen LogP) is 4.23. The van der Waals surface area contributed by atoms with Gasteiger partial charge in [0.15, 0.2) is 0 Å². The van der Waals surface area contributed by atoms with Crippen molar-refractivity contribution in [3.63, 3.8) is 0 Å². The van der Waals surface area contributed by atoms with Crippen LogP contribution in [0.2, 0.25) is 0 Å². The van der Waals surface area contributed by atoms with Crippen molar-refractivity contribution >= 4 is 34.7 Å². The summed E-state index contributed by atoms with van der Waals surface area (Å²) in [5, 5.41) is 10.7. The number of halogens is 1. The van der Waals surface area contributed by atoms with Gasteiger partial charge in [-0.25, -0.2) is 9.18 Å². The van der Waals surface area contributed by atoms with Crippen LogP contribution in [-0.4, -0.2) is 50.6 Å². The van der Waals surface area contributed by atoms with E-state index in [4.69, 9.17) is 4.74 Å². The van der Waals surface area contributed by atoms with Gasteiger partial charge in [-0.15, -0.1) is 0 Å². The molecule has 4 aromatic rings. The highest BCUT2D eigenvalue weighted by molar-refractivity contribution is 6.05. The van der Waals surface area contributed by atoms with Gasteiger partial charge in [0.05, 0.1) is 23.3 Å². The normalized spacial score (nSPS) is 21.4. The monoisotopic (exact) mass is 581 g/mol. The van der Waals surface area contributed by atoms with Gasteiger partial charge in [0.1, 0.15) is 18.5 Å². The SMILES string of the molecule is O=C1CCC(N2Cc3ccc(COC(=O)NC4CC(n5ncc6ccc(-c7ccccc7)cc65)C4)c(F)c3C2=O)C(=O)N1. The highest BCUT2D eigenvalue weighted by Gasteiger charge is 2.41. The van der Waals surface area contributed by atoms with Gasteiger partial charge in [0.25, 0.3) is 5.91 Å². The first-order chi connectivity index (χ1) is 20.9. The molecule has 218 valence electrons. The molecule has 0 bridgehead atoms. The number of nitrogens with zero attached hydrogens (tertiary/aromatic N) is 3. The molecule has 7 rings (SSSR count). The van der Waals surface area contributed by atoms with E-state index in [1.54, 1.807) is 6.07 Å². The summed E-state index contributed by atoms with van der Waals surface area (Å²) in [6.45, 7) is -0.278. The van der Waals surface area contributed by atoms with Crippen LogP contribution in [0.4, 0.5) is 9.18 Å². The number of ether oxygens (including phenoxy) is 1. The molecule has 10 nitrogen and oxygen atoms in total. The number of carbonyl (C=O) groups is 4. The van der Waals surface area contributed by atoms with Crippen LogP contribution in [0.15, 0.2) is 66.9 Å². The average molecular weight is 582 g/mol. The first kappa shape index (κ1) is 26.8. The predicted molar refractivity (Wildman–Crippen MR) is 153 cm³/mol. The van der Waals surface area contributed by atoms with Gasteiger partial charge >= 0.3 is 6.09 Å². The molecular weight excluding hydrogens is 553 g/mol. The molecule has 2 N–H and O–H groups in total. The van der Waals surface area contributed by atoms with E-state index in [0.29, 0.717) is 18.4 Å². The molecule has 2 aliphatic heterocycles. The second-order valence-electron chi connectivity index (χ2n) is 11.2. The Morgan fingerprint density at radius 3 is 2.65 bits per heavy atom. The lowest BCUT2D eigenvalue weighted by Gasteiger charge is -2.35. The fraction of sp³-hybridized carbons (Fsp3) is 0.281. The summed E-state index contributed by atoms with van der Waals surface area (Å²) in [5.41, 5.74) is 3.65. The van der Waals surface area contributed by atoms with Gasteiger partial charge in [0.2, 0.25) is 11.8 Å². The lowest BCUT2D eigenvalue weighted by Crippen LogP contribution is -2.52. The molecule has 1 unspecified atom stereocenters. The summed E-state index contributed by atoms with van der Waals surface area (Å²) in [4.78, 5) is 50.6. The van der Waals surface area contributed by atoms with Gasteiger partial charge in [-0.1, -0.05) is 54.6 Å². The summed E-state index contributed by atoms with van der Waals surface area (Å²) in [6.07, 6.45) is 2.84. The highest BCUT2D eigenvalue weighted by atomic mass is 19.1. The quantitative estimate of drug-likeness (QED) is 0.329. The maximum atomic E-state index is 15.4. The lowest BCUT2D eigenvalue weighted by molar-refractivity contribution is -0.136. The van der Waals surface area contributed by atoms with Crippen LogP contribution in [0.1, 0.15) is 53.2 Å². The van der Waals surface area contributed by atoms with E-state index in [2.05, 4.69) is 46.1 Å². The first-order valence-corrected chi connectivity index (χ1v) is 14.3. The minimum atomic E-state index is -0.834. The Hall–Kier alpha value is -5.06. The number of fused-ring (bicyclic) bond motifs is 2. The van der Waals surface area contributed by atoms with Crippen molar-refractivity contribution in [1.82, 2.24) is 25.3 Å². The van der Waals surface area contributed by atoms with Crippen molar-refractivity contribution in [3.8, 4) is 11.1 Å². The third-order valence-corrected chi connectivity index (χ3v) is 8.56. The molecule has 3 aromatic carbocycles. The van der Waals surface area contributed by atoms with Crippen molar-refractivity contribution in [2.45, 2.75) is 57.0 Å². The molecule has 3 aliphatic rings. The van der Waals surface area contributed by atoms with Crippen LogP contribution < -0.4 is 10.6 Å². The van der Waals surface area contributed by atoms with E-state index in [1.807, 2.05) is 29.1 Å². The average Bonchev–Trinajstić information content (AvgIpc) is 3.55. The topological polar surface area (TPSA) is 123 Å². The smallest absolute Gasteiger partial charge is 0.407 e. The number of piperidine rings is 1. The Kier molecular flexibility index (Phi) is 6.64. The van der Waals surface area contributed by atoms with Crippen molar-refractivity contribution in [2.75, 3.05) is 0 Å². The molecule has 1 saturated carbocycles. The van der Waals surface area contributed by atoms with Crippen LogP contribution in [0, 0.1) is 5.82 Å². The summed E-state index contributed by atoms with van der Waals surface area (Å²) in [7, 11) is 0. The van der Waals surface area contributed by atoms with Crippen LogP contribution in [-0.2, 0) is 27.5 Å². The van der Waals surface area contributed by atoms with Gasteiger partial charge in [-0.2, -0.15) is 5.10 Å². The number of carbonyl (C=O) groups excluding carboxylic acids is 4. The third-order valence-electron chi connectivity index (χ3n) is 8.56. The Labute approximate surface area is 245 Å². The zero-order valence-electron chi connectivity index (χ0n) is 23.1. The van der Waals surface area contributed by atoms with Crippen LogP contribution in [0.25, 0.3) is 22.0 Å². The Bertz CT molecular complexity index is 1780. The lowest BCUT2D eigenvalue weighted by atomic mass is 9.87. The maximum absolute atomic E-state index is 15.4. The number of nitrogens with one attached hydrogen (secondary N) is 2. The Balaban J connectivity index is 0.948. The van der Waals surface area contributed by atoms with Gasteiger partial charge in [-0.05, 0) is 42.0 Å². The second-order valence-corrected chi connectivity index (χ2v) is 11.2. The molecule has 2 fully saturated rings. The minimum Gasteiger partial charge on any atom is -0.445 e. The third kappa shape index (κ3) is 4.90. The fourth-order valence-corrected chi connectivity index (χ4v) is 6.16. The van der Waals surface area contributed by atoms with Crippen molar-refractivity contribution in [1.29, 1.82) is 0 Å². The van der Waals surface area contributed by atoms with Gasteiger partial charge < -0.3 is 15.0 Å². The number of alkyl carbamates (subject to hydrolysis) is 1. The molecule has 1 aliphatic carbocycles. The second kappa shape index (κ2) is 10.6. The van der Waals surface area contributed by atoms with Crippen molar-refractivity contribution < 1.29 is 28.3 Å². The Morgan fingerprint density at radius 2 is 1.86 bits per heavy atom. The van der Waals surface area contributed by atoms with Crippen LogP contribution in [0.3, 0.4) is 0 Å². The number of aromatic nitrogens is 2. The molecule has 0 radical (unpaired) electrons. The summed E-state index contributed by atoms with van der Waals surface area (Å²) < 4.78 is 22.7. The molecule has 0 spiro atoms. The summed E-state index contributed by atoms with van der Waals surface area (Å²) in [5.74, 6) is -2.34. The Morgan fingerprint density at radius 1 is 1.05 bits per heavy atom. The largest absolute Gasteiger partial charge is 0.445 e. The first-order valence-electron chi connectivity index (χ1n) is 14.3. The molecule has 1 atom stereocenters. The molecule has 3 heterocycles. The van der Waals surface area contributed by atoms with E-state index in [0.717, 1.165) is 22.0 Å². The van der Waals surface area contributed by atoms with E-state index in [-0.39, 0.29) is 55.1 Å². The molecule has 1 saturated heterocycles. The molecule has 1 aromatic heterocycles. The number of hydrogen-bond donors (Lipinski definition) is 2. The fourth-order valence-electron chi connectivity index (χ4n) is 6.16. The van der Waals surface area contributed by atoms with Crippen molar-refractivity contribution in [2.24, 2.45) is 0 Å². The number of rotatable bonds is 6. The number of hydrogen-bond acceptors (Lipinski definition) is 6. The zero-order valence-corrected chi connectivity index (χ0v) is 23.1. The minimum absolute atomic E-state index is 0.0658. The summed E-state index contributed by atoms with van der Waals surface area (Å²) >= 11 is 0. The molecular formula is C32H28FN5O5. The summed E-state index contributed by atoms with van der Waals surface area (Å²) in [6, 6.07) is 18.7. The van der Waals surface area contributed by atoms with E-state index in [9.17, 15) is 19.2 Å². The maximum Gasteiger partial charge on any atom is 0.407 e. The standard InChI is InChI=1S/C32H28FN5O5/c33-29-22(9-8-21-16-37(31(41)28(21)29)25-10-11-27(39)36-30(25)40)17-43-32(42)35-23-13-24(14-23)38-26-12-19(6-7-20(26)15-34-38)18-4-2-1-3-5-18/h1-9,12,15,23-25H,10-11,13-14,16-17H2,(H,35,42)(H,36,39,40). The number of benzene rings is 3. The van der Waals surface area contributed by atoms with Gasteiger partial charge in [0, 0.05) is 30.0 Å². The molecule has 4 amide bonds. The van der Waals surface area contributed by atoms with Gasteiger partial charge in [-0.3, -0.25) is 24.4 Å². The van der Waals surface area contributed by atoms with E-state index in [1.165, 1.54) is 11.0 Å². The zero-order chi connectivity index (χ0) is 29.7. The van der Waals surface area contributed by atoms with Crippen LogP contribution in [0.5, 0.6) is 0 Å². The number of amides is 4. The highest BCUT2D eigenvalue weighted by Crippen LogP contribution is 2.36. The van der Waals surface area contributed by atoms with Crippen LogP contribution >= 0.6 is 0 Å². The number of imide groups is 1. The van der Waals surface area contributed by atoms with E-state index < -0.39 is 29.8 Å². The van der Waals surface area contributed by atoms with Crippen molar-refractivity contribution in [3.05, 3.63) is 89.4 Å². The van der Waals surface area contributed by atoms with E-state index >= 15 is 4.39 Å². The molecule has 43 heavy (non-hydrogen) atoms. The molecule has 11 heteroatoms.